The van der Waals surface area contributed by atoms with Crippen LogP contribution in [0.5, 0.6) is 11.5 Å². The molecule has 0 aliphatic rings. The molecule has 2 N–H and O–H groups in total. The van der Waals surface area contributed by atoms with Gasteiger partial charge in [-0.05, 0) is 35.9 Å². The highest BCUT2D eigenvalue weighted by molar-refractivity contribution is 5.84. The Kier molecular flexibility index (Phi) is 3.40. The van der Waals surface area contributed by atoms with Gasteiger partial charge < -0.3 is 10.5 Å². The van der Waals surface area contributed by atoms with E-state index < -0.39 is 0 Å². The van der Waals surface area contributed by atoms with E-state index in [9.17, 15) is 0 Å². The number of fused-ring (bicyclic) bond motifs is 1. The van der Waals surface area contributed by atoms with Crippen molar-refractivity contribution in [2.75, 3.05) is 5.73 Å². The van der Waals surface area contributed by atoms with Gasteiger partial charge in [-0.15, -0.1) is 0 Å². The van der Waals surface area contributed by atoms with E-state index in [1.165, 1.54) is 0 Å². The molecule has 3 rings (SSSR count). The van der Waals surface area contributed by atoms with Gasteiger partial charge in [0.1, 0.15) is 11.3 Å². The highest BCUT2D eigenvalue weighted by Gasteiger charge is 2.06. The lowest BCUT2D eigenvalue weighted by Crippen LogP contribution is -1.95. The zero-order valence-corrected chi connectivity index (χ0v) is 11.3. The summed E-state index contributed by atoms with van der Waals surface area (Å²) < 4.78 is 5.91. The van der Waals surface area contributed by atoms with Gasteiger partial charge in [-0.3, -0.25) is 4.98 Å². The Hall–Kier alpha value is -3.06. The van der Waals surface area contributed by atoms with E-state index in [0.717, 1.165) is 16.5 Å². The Morgan fingerprint density at radius 2 is 2.00 bits per heavy atom. The second kappa shape index (κ2) is 5.51. The van der Waals surface area contributed by atoms with Crippen molar-refractivity contribution in [1.82, 2.24) is 4.98 Å². The number of nitrogen functional groups attached to an aromatic ring is 1. The topological polar surface area (TPSA) is 71.9 Å². The summed E-state index contributed by atoms with van der Waals surface area (Å²) in [7, 11) is 0. The molecule has 0 spiro atoms. The molecule has 0 saturated carbocycles. The van der Waals surface area contributed by atoms with Gasteiger partial charge >= 0.3 is 0 Å². The van der Waals surface area contributed by atoms with Crippen molar-refractivity contribution >= 4 is 16.6 Å². The Bertz CT molecular complexity index is 832. The van der Waals surface area contributed by atoms with Crippen LogP contribution in [0.2, 0.25) is 0 Å². The number of benzene rings is 2. The molecule has 0 aliphatic heterocycles. The number of ether oxygens (including phenoxy) is 1. The van der Waals surface area contributed by atoms with Gasteiger partial charge in [0.25, 0.3) is 0 Å². The van der Waals surface area contributed by atoms with Gasteiger partial charge in [0.15, 0.2) is 5.75 Å². The Morgan fingerprint density at radius 3 is 2.86 bits per heavy atom. The molecule has 21 heavy (non-hydrogen) atoms. The number of anilines is 1. The number of rotatable bonds is 3. The zero-order valence-electron chi connectivity index (χ0n) is 11.3. The van der Waals surface area contributed by atoms with E-state index in [0.29, 0.717) is 17.2 Å². The molecule has 0 fully saturated rings. The molecule has 0 aliphatic carbocycles. The molecule has 0 bridgehead atoms. The van der Waals surface area contributed by atoms with Crippen LogP contribution in [0.25, 0.3) is 10.9 Å². The van der Waals surface area contributed by atoms with Crippen molar-refractivity contribution < 1.29 is 4.74 Å². The summed E-state index contributed by atoms with van der Waals surface area (Å²) in [5, 5.41) is 9.83. The summed E-state index contributed by atoms with van der Waals surface area (Å²) in [5.41, 5.74) is 8.01. The molecule has 0 amide bonds. The van der Waals surface area contributed by atoms with Crippen molar-refractivity contribution in [1.29, 1.82) is 5.26 Å². The predicted octanol–water partition coefficient (Wildman–Crippen LogP) is 3.68. The highest BCUT2D eigenvalue weighted by atomic mass is 16.5. The van der Waals surface area contributed by atoms with Crippen LogP contribution in [0.15, 0.2) is 54.7 Å². The molecule has 1 heterocycles. The summed E-state index contributed by atoms with van der Waals surface area (Å²) in [6.45, 7) is 0. The van der Waals surface area contributed by atoms with Gasteiger partial charge in [-0.2, -0.15) is 5.26 Å². The standard InChI is InChI=1S/C17H13N3O/c18-9-8-13-11-14(6-7-15(13)19)21-16-5-1-3-12-4-2-10-20-17(12)16/h1-7,10-11H,8,19H2. The Labute approximate surface area is 122 Å². The van der Waals surface area contributed by atoms with Crippen molar-refractivity contribution in [2.45, 2.75) is 6.42 Å². The number of nitriles is 1. The summed E-state index contributed by atoms with van der Waals surface area (Å²) in [6.07, 6.45) is 2.00. The minimum atomic E-state index is 0.261. The molecule has 0 unspecified atom stereocenters. The fourth-order valence-corrected chi connectivity index (χ4v) is 2.17. The van der Waals surface area contributed by atoms with Crippen molar-refractivity contribution in [3.05, 3.63) is 60.3 Å². The third-order valence-electron chi connectivity index (χ3n) is 3.21. The largest absolute Gasteiger partial charge is 0.455 e. The lowest BCUT2D eigenvalue weighted by atomic mass is 10.1. The van der Waals surface area contributed by atoms with E-state index in [2.05, 4.69) is 11.1 Å². The zero-order chi connectivity index (χ0) is 14.7. The number of aromatic nitrogens is 1. The van der Waals surface area contributed by atoms with E-state index >= 15 is 0 Å². The molecule has 0 atom stereocenters. The van der Waals surface area contributed by atoms with Crippen molar-refractivity contribution in [3.8, 4) is 17.6 Å². The monoisotopic (exact) mass is 275 g/mol. The average molecular weight is 275 g/mol. The normalized spacial score (nSPS) is 10.2. The molecule has 4 nitrogen and oxygen atoms in total. The lowest BCUT2D eigenvalue weighted by molar-refractivity contribution is 0.487. The van der Waals surface area contributed by atoms with Crippen LogP contribution in [-0.4, -0.2) is 4.98 Å². The first kappa shape index (κ1) is 12.9. The first-order valence-corrected chi connectivity index (χ1v) is 6.55. The Morgan fingerprint density at radius 1 is 1.14 bits per heavy atom. The highest BCUT2D eigenvalue weighted by Crippen LogP contribution is 2.30. The number of nitrogens with two attached hydrogens (primary N) is 1. The van der Waals surface area contributed by atoms with Gasteiger partial charge in [0.2, 0.25) is 0 Å². The van der Waals surface area contributed by atoms with E-state index in [1.807, 2.05) is 30.3 Å². The van der Waals surface area contributed by atoms with Crippen molar-refractivity contribution in [3.63, 3.8) is 0 Å². The molecule has 0 saturated heterocycles. The van der Waals surface area contributed by atoms with Crippen molar-refractivity contribution in [2.24, 2.45) is 0 Å². The Balaban J connectivity index is 1.99. The maximum Gasteiger partial charge on any atom is 0.153 e. The van der Waals surface area contributed by atoms with Crippen LogP contribution in [0.4, 0.5) is 5.69 Å². The second-order valence-corrected chi connectivity index (χ2v) is 4.63. The quantitative estimate of drug-likeness (QED) is 0.740. The molecular weight excluding hydrogens is 262 g/mol. The van der Waals surface area contributed by atoms with Crippen LogP contribution in [0.1, 0.15) is 5.56 Å². The summed E-state index contributed by atoms with van der Waals surface area (Å²) in [5.74, 6) is 1.33. The molecule has 1 aromatic heterocycles. The number of hydrogen-bond donors (Lipinski definition) is 1. The molecule has 4 heteroatoms. The van der Waals surface area contributed by atoms with Gasteiger partial charge in [-0.1, -0.05) is 18.2 Å². The average Bonchev–Trinajstić information content (AvgIpc) is 2.51. The van der Waals surface area contributed by atoms with Gasteiger partial charge in [-0.25, -0.2) is 0 Å². The number of hydrogen-bond acceptors (Lipinski definition) is 4. The van der Waals surface area contributed by atoms with E-state index in [1.54, 1.807) is 24.4 Å². The molecule has 3 aromatic rings. The van der Waals surface area contributed by atoms with Crippen LogP contribution < -0.4 is 10.5 Å². The molecule has 2 aromatic carbocycles. The summed E-state index contributed by atoms with van der Waals surface area (Å²) in [4.78, 5) is 4.35. The second-order valence-electron chi connectivity index (χ2n) is 4.63. The smallest absolute Gasteiger partial charge is 0.153 e. The molecule has 102 valence electrons. The predicted molar refractivity (Wildman–Crippen MR) is 82.0 cm³/mol. The maximum atomic E-state index is 8.81. The minimum absolute atomic E-state index is 0.261. The first-order chi connectivity index (χ1) is 10.3. The van der Waals surface area contributed by atoms with Gasteiger partial charge in [0, 0.05) is 17.3 Å². The minimum Gasteiger partial charge on any atom is -0.455 e. The summed E-state index contributed by atoms with van der Waals surface area (Å²) >= 11 is 0. The third-order valence-corrected chi connectivity index (χ3v) is 3.21. The third kappa shape index (κ3) is 2.63. The SMILES string of the molecule is N#CCc1cc(Oc2cccc3cccnc23)ccc1N. The van der Waals surface area contributed by atoms with Crippen LogP contribution in [-0.2, 0) is 6.42 Å². The van der Waals surface area contributed by atoms with E-state index in [-0.39, 0.29) is 6.42 Å². The molecule has 0 radical (unpaired) electrons. The summed E-state index contributed by atoms with van der Waals surface area (Å²) in [6, 6.07) is 17.1. The maximum absolute atomic E-state index is 8.81. The van der Waals surface area contributed by atoms with E-state index in [4.69, 9.17) is 15.7 Å². The van der Waals surface area contributed by atoms with Crippen LogP contribution >= 0.6 is 0 Å². The molecular formula is C17H13N3O. The first-order valence-electron chi connectivity index (χ1n) is 6.55. The van der Waals surface area contributed by atoms with Crippen LogP contribution in [0.3, 0.4) is 0 Å². The van der Waals surface area contributed by atoms with Gasteiger partial charge in [0.05, 0.1) is 12.5 Å². The number of nitrogens with zero attached hydrogens (tertiary/aromatic N) is 2. The van der Waals surface area contributed by atoms with Crippen LogP contribution in [0, 0.1) is 11.3 Å². The lowest BCUT2D eigenvalue weighted by Gasteiger charge is -2.10. The number of para-hydroxylation sites is 1. The number of pyridine rings is 1. The fraction of sp³-hybridized carbons (Fsp3) is 0.0588. The fourth-order valence-electron chi connectivity index (χ4n) is 2.17.